The summed E-state index contributed by atoms with van der Waals surface area (Å²) in [6.45, 7) is 4.18. The maximum atomic E-state index is 11.8. The summed E-state index contributed by atoms with van der Waals surface area (Å²) in [6.07, 6.45) is 1.04. The fourth-order valence-corrected chi connectivity index (χ4v) is 1.97. The van der Waals surface area contributed by atoms with Gasteiger partial charge in [-0.3, -0.25) is 4.79 Å². The molecule has 0 fully saturated rings. The van der Waals surface area contributed by atoms with Gasteiger partial charge in [0.15, 0.2) is 5.78 Å². The van der Waals surface area contributed by atoms with E-state index in [1.165, 1.54) is 5.56 Å². The molecule has 0 radical (unpaired) electrons. The van der Waals surface area contributed by atoms with Crippen LogP contribution in [0, 0.1) is 11.8 Å². The molecule has 1 heteroatoms. The number of ketones is 1. The monoisotopic (exact) mass is 174 g/mol. The van der Waals surface area contributed by atoms with E-state index >= 15 is 0 Å². The van der Waals surface area contributed by atoms with Crippen LogP contribution in [-0.4, -0.2) is 5.78 Å². The molecule has 0 spiro atoms. The number of carbonyl (C=O) groups excluding carboxylic acids is 1. The summed E-state index contributed by atoms with van der Waals surface area (Å²) in [7, 11) is 0. The van der Waals surface area contributed by atoms with Crippen LogP contribution in [0.2, 0.25) is 0 Å². The van der Waals surface area contributed by atoms with E-state index in [2.05, 4.69) is 13.0 Å². The topological polar surface area (TPSA) is 17.1 Å². The third kappa shape index (κ3) is 1.28. The third-order valence-corrected chi connectivity index (χ3v) is 3.09. The molecule has 0 saturated heterocycles. The van der Waals surface area contributed by atoms with Crippen LogP contribution in [-0.2, 0) is 6.42 Å². The Balaban J connectivity index is 2.49. The molecule has 68 valence electrons. The van der Waals surface area contributed by atoms with Crippen molar-refractivity contribution in [3.05, 3.63) is 35.4 Å². The molecular weight excluding hydrogens is 160 g/mol. The fraction of sp³-hybridized carbons (Fsp3) is 0.417. The second-order valence-corrected chi connectivity index (χ2v) is 3.99. The van der Waals surface area contributed by atoms with Gasteiger partial charge in [0.05, 0.1) is 0 Å². The van der Waals surface area contributed by atoms with Crippen LogP contribution in [0.15, 0.2) is 24.3 Å². The van der Waals surface area contributed by atoms with Crippen LogP contribution >= 0.6 is 0 Å². The van der Waals surface area contributed by atoms with E-state index in [9.17, 15) is 4.79 Å². The minimum atomic E-state index is 0.190. The van der Waals surface area contributed by atoms with E-state index in [-0.39, 0.29) is 5.92 Å². The number of hydrogen-bond acceptors (Lipinski definition) is 1. The van der Waals surface area contributed by atoms with Crippen molar-refractivity contribution in [2.75, 3.05) is 0 Å². The molecule has 0 aliphatic heterocycles. The molecule has 1 nitrogen and oxygen atoms in total. The molecule has 1 aliphatic carbocycles. The van der Waals surface area contributed by atoms with Gasteiger partial charge in [0.2, 0.25) is 0 Å². The van der Waals surface area contributed by atoms with Gasteiger partial charge in [-0.05, 0) is 17.9 Å². The fourth-order valence-electron chi connectivity index (χ4n) is 1.97. The van der Waals surface area contributed by atoms with Crippen LogP contribution in [0.4, 0.5) is 0 Å². The second kappa shape index (κ2) is 2.99. The van der Waals surface area contributed by atoms with Crippen molar-refractivity contribution in [2.24, 2.45) is 11.8 Å². The highest BCUT2D eigenvalue weighted by Gasteiger charge is 2.28. The summed E-state index contributed by atoms with van der Waals surface area (Å²) in [5.41, 5.74) is 2.16. The van der Waals surface area contributed by atoms with E-state index < -0.39 is 0 Å². The smallest absolute Gasteiger partial charge is 0.166 e. The zero-order chi connectivity index (χ0) is 9.42. The van der Waals surface area contributed by atoms with Gasteiger partial charge in [0.25, 0.3) is 0 Å². The first-order chi connectivity index (χ1) is 6.20. The summed E-state index contributed by atoms with van der Waals surface area (Å²) in [4.78, 5) is 11.8. The quantitative estimate of drug-likeness (QED) is 0.591. The van der Waals surface area contributed by atoms with Crippen molar-refractivity contribution in [3.63, 3.8) is 0 Å². The molecule has 13 heavy (non-hydrogen) atoms. The van der Waals surface area contributed by atoms with Crippen LogP contribution in [0.5, 0.6) is 0 Å². The molecule has 0 unspecified atom stereocenters. The van der Waals surface area contributed by atoms with Crippen molar-refractivity contribution in [1.82, 2.24) is 0 Å². The highest BCUT2D eigenvalue weighted by molar-refractivity contribution is 6.00. The van der Waals surface area contributed by atoms with Gasteiger partial charge in [-0.15, -0.1) is 0 Å². The van der Waals surface area contributed by atoms with Crippen LogP contribution < -0.4 is 0 Å². The molecule has 1 aliphatic rings. The van der Waals surface area contributed by atoms with Crippen molar-refractivity contribution in [1.29, 1.82) is 0 Å². The van der Waals surface area contributed by atoms with Gasteiger partial charge >= 0.3 is 0 Å². The number of fused-ring (bicyclic) bond motifs is 1. The molecular formula is C12H14O. The minimum absolute atomic E-state index is 0.190. The zero-order valence-electron chi connectivity index (χ0n) is 8.08. The number of benzene rings is 1. The highest BCUT2D eigenvalue weighted by atomic mass is 16.1. The Labute approximate surface area is 78.8 Å². The molecule has 0 aromatic heterocycles. The standard InChI is InChI=1S/C12H14O/c1-8-7-10-5-3-4-6-11(10)12(13)9(8)2/h3-6,8-9H,7H2,1-2H3/t8-,9+/m0/s1. The predicted molar refractivity (Wildman–Crippen MR) is 52.8 cm³/mol. The lowest BCUT2D eigenvalue weighted by molar-refractivity contribution is 0.0877. The molecule has 1 aromatic rings. The van der Waals surface area contributed by atoms with Crippen molar-refractivity contribution in [3.8, 4) is 0 Å². The molecule has 0 bridgehead atoms. The van der Waals surface area contributed by atoms with Crippen LogP contribution in [0.3, 0.4) is 0 Å². The third-order valence-electron chi connectivity index (χ3n) is 3.09. The summed E-state index contributed by atoms with van der Waals surface area (Å²) in [6, 6.07) is 7.96. The Bertz CT molecular complexity index is 341. The lowest BCUT2D eigenvalue weighted by atomic mass is 9.77. The minimum Gasteiger partial charge on any atom is -0.294 e. The second-order valence-electron chi connectivity index (χ2n) is 3.99. The van der Waals surface area contributed by atoms with Gasteiger partial charge in [-0.2, -0.15) is 0 Å². The van der Waals surface area contributed by atoms with Gasteiger partial charge in [0.1, 0.15) is 0 Å². The van der Waals surface area contributed by atoms with Crippen molar-refractivity contribution in [2.45, 2.75) is 20.3 Å². The van der Waals surface area contributed by atoms with Gasteiger partial charge in [-0.25, -0.2) is 0 Å². The largest absolute Gasteiger partial charge is 0.294 e. The lowest BCUT2D eigenvalue weighted by Gasteiger charge is -2.26. The Hall–Kier alpha value is -1.11. The summed E-state index contributed by atoms with van der Waals surface area (Å²) in [5, 5.41) is 0. The lowest BCUT2D eigenvalue weighted by Crippen LogP contribution is -2.27. The number of rotatable bonds is 0. The van der Waals surface area contributed by atoms with E-state index in [1.54, 1.807) is 0 Å². The zero-order valence-corrected chi connectivity index (χ0v) is 8.08. The number of hydrogen-bond donors (Lipinski definition) is 0. The number of carbonyl (C=O) groups is 1. The average Bonchev–Trinajstić information content (AvgIpc) is 2.15. The van der Waals surface area contributed by atoms with Crippen molar-refractivity contribution >= 4 is 5.78 Å². The van der Waals surface area contributed by atoms with Crippen LogP contribution in [0.25, 0.3) is 0 Å². The summed E-state index contributed by atoms with van der Waals surface area (Å²) < 4.78 is 0. The Kier molecular flexibility index (Phi) is 1.95. The van der Waals surface area contributed by atoms with Crippen molar-refractivity contribution < 1.29 is 4.79 Å². The SMILES string of the molecule is C[C@H]1Cc2ccccc2C(=O)[C@@H]1C. The first-order valence-corrected chi connectivity index (χ1v) is 4.82. The van der Waals surface area contributed by atoms with E-state index in [1.807, 2.05) is 25.1 Å². The predicted octanol–water partition coefficient (Wildman–Crippen LogP) is 2.70. The molecule has 0 heterocycles. The molecule has 2 atom stereocenters. The van der Waals surface area contributed by atoms with E-state index in [4.69, 9.17) is 0 Å². The first-order valence-electron chi connectivity index (χ1n) is 4.82. The average molecular weight is 174 g/mol. The molecule has 1 aromatic carbocycles. The van der Waals surface area contributed by atoms with E-state index in [0.717, 1.165) is 12.0 Å². The summed E-state index contributed by atoms with van der Waals surface area (Å²) >= 11 is 0. The Morgan fingerprint density at radius 1 is 1.23 bits per heavy atom. The first kappa shape index (κ1) is 8.49. The highest BCUT2D eigenvalue weighted by Crippen LogP contribution is 2.29. The summed E-state index contributed by atoms with van der Waals surface area (Å²) in [5.74, 6) is 0.992. The van der Waals surface area contributed by atoms with Gasteiger partial charge in [-0.1, -0.05) is 38.1 Å². The normalized spacial score (nSPS) is 27.1. The molecule has 0 saturated carbocycles. The Morgan fingerprint density at radius 2 is 1.92 bits per heavy atom. The Morgan fingerprint density at radius 3 is 2.69 bits per heavy atom. The number of Topliss-reactive ketones (excluding diaryl/α,β-unsaturated/α-hetero) is 1. The molecule has 0 amide bonds. The molecule has 0 N–H and O–H groups in total. The maximum Gasteiger partial charge on any atom is 0.166 e. The van der Waals surface area contributed by atoms with E-state index in [0.29, 0.717) is 11.7 Å². The van der Waals surface area contributed by atoms with Gasteiger partial charge in [0, 0.05) is 11.5 Å². The maximum absolute atomic E-state index is 11.8. The molecule has 2 rings (SSSR count). The van der Waals surface area contributed by atoms with Gasteiger partial charge < -0.3 is 0 Å². The van der Waals surface area contributed by atoms with Crippen LogP contribution in [0.1, 0.15) is 29.8 Å².